The van der Waals surface area contributed by atoms with Crippen LogP contribution in [0, 0.1) is 5.82 Å². The molecule has 0 aliphatic heterocycles. The molecule has 1 aliphatic rings. The highest BCUT2D eigenvalue weighted by Gasteiger charge is 2.41. The molecular weight excluding hydrogens is 373 g/mol. The van der Waals surface area contributed by atoms with Crippen molar-refractivity contribution < 1.29 is 4.39 Å². The van der Waals surface area contributed by atoms with Crippen LogP contribution < -0.4 is 10.9 Å². The SMILES string of the molecule is O=c1cc(-c2ccc(NCC3(c4ncccc4F)CCC3)nn2)nc2cc[nH]n12. The zero-order valence-electron chi connectivity index (χ0n) is 15.5. The molecule has 29 heavy (non-hydrogen) atoms. The molecule has 4 aromatic rings. The lowest BCUT2D eigenvalue weighted by molar-refractivity contribution is 0.243. The monoisotopic (exact) mass is 391 g/mol. The Morgan fingerprint density at radius 2 is 2.07 bits per heavy atom. The fourth-order valence-electron chi connectivity index (χ4n) is 3.76. The highest BCUT2D eigenvalue weighted by Crippen LogP contribution is 2.43. The van der Waals surface area contributed by atoms with E-state index in [1.54, 1.807) is 36.7 Å². The standard InChI is InChI=1S/C20H18FN7O/c21-13-3-1-9-22-19(13)20(7-2-8-20)12-23-16-5-4-14(26-27-16)15-11-18(29)28-17(25-15)6-10-24-28/h1,3-6,9-11,24H,2,7-8,12H2,(H,23,27). The highest BCUT2D eigenvalue weighted by molar-refractivity contribution is 5.57. The number of rotatable bonds is 5. The Balaban J connectivity index is 1.35. The number of hydrogen-bond acceptors (Lipinski definition) is 6. The Bertz CT molecular complexity index is 1230. The summed E-state index contributed by atoms with van der Waals surface area (Å²) in [6.45, 7) is 0.532. The summed E-state index contributed by atoms with van der Waals surface area (Å²) in [6.07, 6.45) is 6.08. The molecule has 0 bridgehead atoms. The molecule has 8 nitrogen and oxygen atoms in total. The van der Waals surface area contributed by atoms with Gasteiger partial charge in [-0.2, -0.15) is 0 Å². The number of nitrogens with zero attached hydrogens (tertiary/aromatic N) is 5. The van der Waals surface area contributed by atoms with Crippen molar-refractivity contribution in [3.8, 4) is 11.4 Å². The van der Waals surface area contributed by atoms with Crippen molar-refractivity contribution in [3.05, 3.63) is 70.7 Å². The number of halogens is 1. The van der Waals surface area contributed by atoms with Gasteiger partial charge in [0.05, 0.1) is 11.4 Å². The van der Waals surface area contributed by atoms with E-state index in [1.807, 2.05) is 0 Å². The number of aromatic nitrogens is 6. The molecule has 0 aromatic carbocycles. The van der Waals surface area contributed by atoms with Crippen molar-refractivity contribution >= 4 is 11.5 Å². The Hall–Kier alpha value is -3.62. The van der Waals surface area contributed by atoms with Crippen molar-refractivity contribution in [3.63, 3.8) is 0 Å². The summed E-state index contributed by atoms with van der Waals surface area (Å²) in [7, 11) is 0. The first-order valence-corrected chi connectivity index (χ1v) is 9.41. The second kappa shape index (κ2) is 6.77. The van der Waals surface area contributed by atoms with Crippen LogP contribution in [0.5, 0.6) is 0 Å². The number of anilines is 1. The van der Waals surface area contributed by atoms with E-state index >= 15 is 0 Å². The topological polar surface area (TPSA) is 101 Å². The molecule has 0 atom stereocenters. The van der Waals surface area contributed by atoms with E-state index in [0.29, 0.717) is 35.1 Å². The molecule has 0 saturated heterocycles. The second-order valence-electron chi connectivity index (χ2n) is 7.26. The number of H-pyrrole nitrogens is 1. The van der Waals surface area contributed by atoms with Gasteiger partial charge in [-0.25, -0.2) is 13.9 Å². The van der Waals surface area contributed by atoms with E-state index in [-0.39, 0.29) is 16.8 Å². The fourth-order valence-corrected chi connectivity index (χ4v) is 3.76. The molecule has 4 aromatic heterocycles. The molecule has 4 heterocycles. The van der Waals surface area contributed by atoms with Crippen LogP contribution in [0.25, 0.3) is 17.0 Å². The zero-order valence-corrected chi connectivity index (χ0v) is 15.5. The minimum Gasteiger partial charge on any atom is -0.368 e. The van der Waals surface area contributed by atoms with Crippen LogP contribution in [0.15, 0.2) is 53.6 Å². The van der Waals surface area contributed by atoms with Crippen LogP contribution in [0.3, 0.4) is 0 Å². The third-order valence-electron chi connectivity index (χ3n) is 5.49. The summed E-state index contributed by atoms with van der Waals surface area (Å²) in [6, 6.07) is 9.72. The molecule has 1 aliphatic carbocycles. The average molecular weight is 391 g/mol. The van der Waals surface area contributed by atoms with E-state index < -0.39 is 0 Å². The van der Waals surface area contributed by atoms with Gasteiger partial charge in [-0.05, 0) is 37.1 Å². The molecule has 1 fully saturated rings. The van der Waals surface area contributed by atoms with E-state index in [4.69, 9.17) is 0 Å². The third-order valence-corrected chi connectivity index (χ3v) is 5.49. The molecule has 9 heteroatoms. The summed E-state index contributed by atoms with van der Waals surface area (Å²) >= 11 is 0. The van der Waals surface area contributed by atoms with Gasteiger partial charge in [-0.3, -0.25) is 14.9 Å². The first-order chi connectivity index (χ1) is 14.1. The van der Waals surface area contributed by atoms with Crippen molar-refractivity contribution in [1.82, 2.24) is 29.8 Å². The van der Waals surface area contributed by atoms with Gasteiger partial charge in [0, 0.05) is 36.5 Å². The van der Waals surface area contributed by atoms with E-state index in [2.05, 4.69) is 30.6 Å². The van der Waals surface area contributed by atoms with Crippen LogP contribution in [0.2, 0.25) is 0 Å². The minimum atomic E-state index is -0.318. The van der Waals surface area contributed by atoms with Crippen LogP contribution in [0.1, 0.15) is 25.0 Å². The maximum Gasteiger partial charge on any atom is 0.273 e. The van der Waals surface area contributed by atoms with Crippen molar-refractivity contribution in [2.24, 2.45) is 0 Å². The molecule has 2 N–H and O–H groups in total. The summed E-state index contributed by atoms with van der Waals surface area (Å²) in [5.41, 5.74) is 1.45. The smallest absolute Gasteiger partial charge is 0.273 e. The zero-order chi connectivity index (χ0) is 19.8. The number of aromatic amines is 1. The van der Waals surface area contributed by atoms with E-state index in [0.717, 1.165) is 19.3 Å². The molecule has 146 valence electrons. The van der Waals surface area contributed by atoms with Gasteiger partial charge < -0.3 is 5.32 Å². The lowest BCUT2D eigenvalue weighted by Crippen LogP contribution is -2.42. The molecule has 0 unspecified atom stereocenters. The predicted molar refractivity (Wildman–Crippen MR) is 105 cm³/mol. The fraction of sp³-hybridized carbons (Fsp3) is 0.250. The maximum absolute atomic E-state index is 14.2. The molecule has 5 rings (SSSR count). The Morgan fingerprint density at radius 3 is 2.79 bits per heavy atom. The predicted octanol–water partition coefficient (Wildman–Crippen LogP) is 2.55. The van der Waals surface area contributed by atoms with Crippen molar-refractivity contribution in [2.45, 2.75) is 24.7 Å². The molecular formula is C20H18FN7O. The molecule has 0 amide bonds. The van der Waals surface area contributed by atoms with Crippen molar-refractivity contribution in [1.29, 1.82) is 0 Å². The second-order valence-corrected chi connectivity index (χ2v) is 7.26. The van der Waals surface area contributed by atoms with Crippen molar-refractivity contribution in [2.75, 3.05) is 11.9 Å². The normalized spacial score (nSPS) is 15.2. The molecule has 1 saturated carbocycles. The largest absolute Gasteiger partial charge is 0.368 e. The third kappa shape index (κ3) is 3.04. The lowest BCUT2D eigenvalue weighted by atomic mass is 9.66. The molecule has 0 radical (unpaired) electrons. The van der Waals surface area contributed by atoms with Gasteiger partial charge in [-0.15, -0.1) is 10.2 Å². The van der Waals surface area contributed by atoms with Gasteiger partial charge in [0.2, 0.25) is 0 Å². The lowest BCUT2D eigenvalue weighted by Gasteiger charge is -2.41. The summed E-state index contributed by atoms with van der Waals surface area (Å²) in [5.74, 6) is 0.309. The van der Waals surface area contributed by atoms with Gasteiger partial charge >= 0.3 is 0 Å². The van der Waals surface area contributed by atoms with Crippen LogP contribution >= 0.6 is 0 Å². The van der Waals surface area contributed by atoms with Gasteiger partial charge in [-0.1, -0.05) is 6.42 Å². The Labute approximate surface area is 164 Å². The average Bonchev–Trinajstić information content (AvgIpc) is 3.18. The van der Waals surface area contributed by atoms with Gasteiger partial charge in [0.25, 0.3) is 5.56 Å². The quantitative estimate of drug-likeness (QED) is 0.542. The number of fused-ring (bicyclic) bond motifs is 1. The number of nitrogens with one attached hydrogen (secondary N) is 2. The maximum atomic E-state index is 14.2. The summed E-state index contributed by atoms with van der Waals surface area (Å²) in [4.78, 5) is 20.8. The Morgan fingerprint density at radius 1 is 1.17 bits per heavy atom. The summed E-state index contributed by atoms with van der Waals surface area (Å²) < 4.78 is 15.6. The minimum absolute atomic E-state index is 0.219. The summed E-state index contributed by atoms with van der Waals surface area (Å²) in [5, 5.41) is 14.4. The first-order valence-electron chi connectivity index (χ1n) is 9.41. The Kier molecular flexibility index (Phi) is 4.08. The van der Waals surface area contributed by atoms with Crippen LogP contribution in [-0.2, 0) is 5.41 Å². The van der Waals surface area contributed by atoms with E-state index in [1.165, 1.54) is 16.6 Å². The number of pyridine rings is 1. The van der Waals surface area contributed by atoms with E-state index in [9.17, 15) is 9.18 Å². The first kappa shape index (κ1) is 17.5. The van der Waals surface area contributed by atoms with Crippen LogP contribution in [-0.4, -0.2) is 36.3 Å². The van der Waals surface area contributed by atoms with Crippen LogP contribution in [0.4, 0.5) is 10.2 Å². The highest BCUT2D eigenvalue weighted by atomic mass is 19.1. The molecule has 0 spiro atoms. The van der Waals surface area contributed by atoms with Gasteiger partial charge in [0.1, 0.15) is 17.3 Å². The van der Waals surface area contributed by atoms with Gasteiger partial charge in [0.15, 0.2) is 5.65 Å². The number of hydrogen-bond donors (Lipinski definition) is 2.